The number of carbonyl (C=O) groups is 2. The fourth-order valence-corrected chi connectivity index (χ4v) is 1.08. The highest BCUT2D eigenvalue weighted by atomic mass is 16.5. The van der Waals surface area contributed by atoms with E-state index in [9.17, 15) is 9.59 Å². The zero-order valence-corrected chi connectivity index (χ0v) is 7.71. The third-order valence-electron chi connectivity index (χ3n) is 1.77. The highest BCUT2D eigenvalue weighted by molar-refractivity contribution is 6.21. The Morgan fingerprint density at radius 2 is 2.08 bits per heavy atom. The maximum Gasteiger partial charge on any atom is 0.347 e. The van der Waals surface area contributed by atoms with Crippen molar-refractivity contribution in [2.45, 2.75) is 19.4 Å². The number of carbonyl (C=O) groups excluding carboxylic acids is 2. The summed E-state index contributed by atoms with van der Waals surface area (Å²) in [5.74, 6) is -1.37. The molecule has 0 aromatic rings. The summed E-state index contributed by atoms with van der Waals surface area (Å²) in [6.07, 6.45) is 0. The van der Waals surface area contributed by atoms with E-state index in [-0.39, 0.29) is 11.5 Å². The highest BCUT2D eigenvalue weighted by Crippen LogP contribution is 2.27. The maximum absolute atomic E-state index is 11.5. The number of ketones is 1. The number of esters is 1. The lowest BCUT2D eigenvalue weighted by Crippen LogP contribution is -2.31. The van der Waals surface area contributed by atoms with E-state index in [1.165, 1.54) is 21.0 Å². The molecule has 0 radical (unpaired) electrons. The minimum atomic E-state index is -1.06. The van der Waals surface area contributed by atoms with Crippen LogP contribution < -0.4 is 5.73 Å². The molecule has 5 nitrogen and oxygen atoms in total. The van der Waals surface area contributed by atoms with Gasteiger partial charge in [-0.15, -0.1) is 0 Å². The number of Topliss-reactive ketones (excluding diaryl/α,β-unsaturated/α-hetero) is 1. The molecule has 1 heterocycles. The quantitative estimate of drug-likeness (QED) is 0.448. The summed E-state index contributed by atoms with van der Waals surface area (Å²) < 4.78 is 9.39. The van der Waals surface area contributed by atoms with Crippen molar-refractivity contribution in [3.8, 4) is 0 Å². The molecule has 0 unspecified atom stereocenters. The van der Waals surface area contributed by atoms with Crippen LogP contribution in [0, 0.1) is 0 Å². The van der Waals surface area contributed by atoms with Gasteiger partial charge in [-0.3, -0.25) is 4.79 Å². The fourth-order valence-electron chi connectivity index (χ4n) is 1.08. The van der Waals surface area contributed by atoms with Crippen LogP contribution in [0.5, 0.6) is 0 Å². The molecule has 72 valence electrons. The summed E-state index contributed by atoms with van der Waals surface area (Å²) in [5, 5.41) is 0. The Bertz CT molecular complexity index is 303. The SMILES string of the molecule is COC(=O)C1=C(N)OC(C)(C)C1=O. The van der Waals surface area contributed by atoms with Crippen molar-refractivity contribution in [3.63, 3.8) is 0 Å². The van der Waals surface area contributed by atoms with Crippen LogP contribution in [0.25, 0.3) is 0 Å². The Balaban J connectivity index is 3.05. The predicted octanol–water partition coefficient (Wildman–Crippen LogP) is -0.292. The third kappa shape index (κ3) is 1.37. The number of methoxy groups -OCH3 is 1. The summed E-state index contributed by atoms with van der Waals surface area (Å²) in [4.78, 5) is 22.5. The molecule has 0 aliphatic carbocycles. The second-order valence-electron chi connectivity index (χ2n) is 3.17. The van der Waals surface area contributed by atoms with Gasteiger partial charge in [0.25, 0.3) is 0 Å². The number of nitrogens with two attached hydrogens (primary N) is 1. The molecule has 0 aromatic heterocycles. The molecule has 5 heteroatoms. The molecule has 0 saturated heterocycles. The van der Waals surface area contributed by atoms with Crippen LogP contribution in [0.15, 0.2) is 11.5 Å². The summed E-state index contributed by atoms with van der Waals surface area (Å²) in [6, 6.07) is 0. The van der Waals surface area contributed by atoms with E-state index in [4.69, 9.17) is 10.5 Å². The van der Waals surface area contributed by atoms with Gasteiger partial charge in [0.2, 0.25) is 11.7 Å². The molecule has 1 aliphatic rings. The standard InChI is InChI=1S/C8H11NO4/c1-8(2)5(10)4(6(9)13-8)7(11)12-3/h9H2,1-3H3. The van der Waals surface area contributed by atoms with Gasteiger partial charge in [0.05, 0.1) is 7.11 Å². The van der Waals surface area contributed by atoms with E-state index in [0.29, 0.717) is 0 Å². The Kier molecular flexibility index (Phi) is 2.03. The Hall–Kier alpha value is -1.52. The fraction of sp³-hybridized carbons (Fsp3) is 0.500. The Morgan fingerprint density at radius 1 is 1.54 bits per heavy atom. The van der Waals surface area contributed by atoms with Crippen molar-refractivity contribution in [2.75, 3.05) is 7.11 Å². The molecule has 0 fully saturated rings. The van der Waals surface area contributed by atoms with E-state index in [0.717, 1.165) is 0 Å². The van der Waals surface area contributed by atoms with Crippen molar-refractivity contribution in [3.05, 3.63) is 11.5 Å². The number of hydrogen-bond acceptors (Lipinski definition) is 5. The first-order valence-electron chi connectivity index (χ1n) is 3.72. The van der Waals surface area contributed by atoms with Gasteiger partial charge in [0.15, 0.2) is 11.2 Å². The zero-order chi connectivity index (χ0) is 10.2. The van der Waals surface area contributed by atoms with E-state index >= 15 is 0 Å². The normalized spacial score (nSPS) is 20.1. The second-order valence-corrected chi connectivity index (χ2v) is 3.17. The van der Waals surface area contributed by atoms with Crippen molar-refractivity contribution in [1.29, 1.82) is 0 Å². The molecule has 0 aromatic carbocycles. The summed E-state index contributed by atoms with van der Waals surface area (Å²) in [5.41, 5.74) is 4.09. The van der Waals surface area contributed by atoms with Gasteiger partial charge in [-0.25, -0.2) is 4.79 Å². The molecule has 0 spiro atoms. The lowest BCUT2D eigenvalue weighted by atomic mass is 10.00. The first-order valence-corrected chi connectivity index (χ1v) is 3.72. The first kappa shape index (κ1) is 9.57. The summed E-state index contributed by atoms with van der Waals surface area (Å²) in [7, 11) is 1.18. The Morgan fingerprint density at radius 3 is 2.38 bits per heavy atom. The minimum Gasteiger partial charge on any atom is -0.465 e. The van der Waals surface area contributed by atoms with Crippen molar-refractivity contribution in [2.24, 2.45) is 5.73 Å². The molecular formula is C8H11NO4. The van der Waals surface area contributed by atoms with E-state index in [1.54, 1.807) is 0 Å². The van der Waals surface area contributed by atoms with E-state index in [1.807, 2.05) is 0 Å². The topological polar surface area (TPSA) is 78.6 Å². The highest BCUT2D eigenvalue weighted by Gasteiger charge is 2.44. The lowest BCUT2D eigenvalue weighted by Gasteiger charge is -2.15. The van der Waals surface area contributed by atoms with Crippen LogP contribution in [0.2, 0.25) is 0 Å². The van der Waals surface area contributed by atoms with Gasteiger partial charge < -0.3 is 15.2 Å². The second kappa shape index (κ2) is 2.76. The summed E-state index contributed by atoms with van der Waals surface area (Å²) in [6.45, 7) is 3.08. The molecule has 1 aliphatic heterocycles. The predicted molar refractivity (Wildman–Crippen MR) is 43.4 cm³/mol. The monoisotopic (exact) mass is 185 g/mol. The van der Waals surface area contributed by atoms with Crippen LogP contribution in [0.4, 0.5) is 0 Å². The van der Waals surface area contributed by atoms with Crippen LogP contribution >= 0.6 is 0 Å². The van der Waals surface area contributed by atoms with Gasteiger partial charge in [-0.1, -0.05) is 0 Å². The molecule has 0 amide bonds. The van der Waals surface area contributed by atoms with Crippen LogP contribution in [0.1, 0.15) is 13.8 Å². The van der Waals surface area contributed by atoms with Crippen molar-refractivity contribution < 1.29 is 19.1 Å². The average molecular weight is 185 g/mol. The molecule has 0 atom stereocenters. The molecule has 13 heavy (non-hydrogen) atoms. The van der Waals surface area contributed by atoms with Gasteiger partial charge in [0.1, 0.15) is 0 Å². The maximum atomic E-state index is 11.5. The van der Waals surface area contributed by atoms with E-state index in [2.05, 4.69) is 4.74 Å². The molecule has 0 saturated carbocycles. The smallest absolute Gasteiger partial charge is 0.347 e. The lowest BCUT2D eigenvalue weighted by molar-refractivity contribution is -0.138. The first-order chi connectivity index (χ1) is 5.90. The molecule has 2 N–H and O–H groups in total. The Labute approximate surface area is 75.5 Å². The molecular weight excluding hydrogens is 174 g/mol. The number of rotatable bonds is 1. The number of hydrogen-bond donors (Lipinski definition) is 1. The van der Waals surface area contributed by atoms with E-state index < -0.39 is 17.4 Å². The zero-order valence-electron chi connectivity index (χ0n) is 7.71. The third-order valence-corrected chi connectivity index (χ3v) is 1.77. The van der Waals surface area contributed by atoms with Gasteiger partial charge in [0, 0.05) is 0 Å². The van der Waals surface area contributed by atoms with Gasteiger partial charge >= 0.3 is 5.97 Å². The van der Waals surface area contributed by atoms with Crippen LogP contribution in [0.3, 0.4) is 0 Å². The molecule has 0 bridgehead atoms. The van der Waals surface area contributed by atoms with Crippen LogP contribution in [-0.2, 0) is 19.1 Å². The number of ether oxygens (including phenoxy) is 2. The largest absolute Gasteiger partial charge is 0.465 e. The van der Waals surface area contributed by atoms with Crippen molar-refractivity contribution >= 4 is 11.8 Å². The van der Waals surface area contributed by atoms with Gasteiger partial charge in [-0.2, -0.15) is 0 Å². The van der Waals surface area contributed by atoms with Crippen LogP contribution in [-0.4, -0.2) is 24.5 Å². The van der Waals surface area contributed by atoms with Gasteiger partial charge in [-0.05, 0) is 13.8 Å². The molecule has 1 rings (SSSR count). The average Bonchev–Trinajstić information content (AvgIpc) is 2.21. The van der Waals surface area contributed by atoms with Crippen molar-refractivity contribution in [1.82, 2.24) is 0 Å². The minimum absolute atomic E-state index is 0.165. The summed E-state index contributed by atoms with van der Waals surface area (Å²) >= 11 is 0.